The molecule has 0 spiro atoms. The van der Waals surface area contributed by atoms with E-state index >= 15 is 0 Å². The Kier molecular flexibility index (Phi) is 7.12. The van der Waals surface area contributed by atoms with Crippen LogP contribution in [0.4, 0.5) is 17.6 Å². The Balaban J connectivity index is 1.58. The summed E-state index contributed by atoms with van der Waals surface area (Å²) in [5, 5.41) is 9.41. The Hall–Kier alpha value is -3.68. The van der Waals surface area contributed by atoms with Gasteiger partial charge in [0.1, 0.15) is 0 Å². The number of carbonyl (C=O) groups excluding carboxylic acids is 1. The molecule has 7 rings (SSSR count). The molecule has 0 aliphatic carbocycles. The van der Waals surface area contributed by atoms with Crippen molar-refractivity contribution < 1.29 is 9.53 Å². The highest BCUT2D eigenvalue weighted by atomic mass is 16.5. The first-order valence-electron chi connectivity index (χ1n) is 11.1. The van der Waals surface area contributed by atoms with Gasteiger partial charge >= 0.3 is 6.01 Å². The number of hydrogen-bond donors (Lipinski definition) is 3. The molecule has 4 aliphatic rings. The van der Waals surface area contributed by atoms with Gasteiger partial charge in [-0.15, -0.1) is 0 Å². The lowest BCUT2D eigenvalue weighted by molar-refractivity contribution is 0.0953. The van der Waals surface area contributed by atoms with Crippen LogP contribution in [-0.4, -0.2) is 34.0 Å². The maximum atomic E-state index is 12.4. The fourth-order valence-electron chi connectivity index (χ4n) is 3.46. The summed E-state index contributed by atoms with van der Waals surface area (Å²) in [6.45, 7) is 3.61. The highest BCUT2D eigenvalue weighted by molar-refractivity contribution is 5.94. The number of aromatic nitrogens is 3. The van der Waals surface area contributed by atoms with Crippen LogP contribution in [0.2, 0.25) is 0 Å². The van der Waals surface area contributed by atoms with E-state index in [1.807, 2.05) is 19.1 Å². The van der Waals surface area contributed by atoms with Crippen LogP contribution in [0.5, 0.6) is 6.01 Å². The molecule has 3 N–H and O–H groups in total. The van der Waals surface area contributed by atoms with Gasteiger partial charge in [0.15, 0.2) is 0 Å². The van der Waals surface area contributed by atoms with Crippen molar-refractivity contribution in [2.45, 2.75) is 39.2 Å². The first kappa shape index (κ1) is 21.5. The van der Waals surface area contributed by atoms with Crippen molar-refractivity contribution in [2.24, 2.45) is 0 Å². The predicted octanol–water partition coefficient (Wildman–Crippen LogP) is 4.08. The van der Waals surface area contributed by atoms with E-state index in [1.165, 1.54) is 5.56 Å². The lowest BCUT2D eigenvalue weighted by Gasteiger charge is -2.11. The van der Waals surface area contributed by atoms with Gasteiger partial charge in [0.25, 0.3) is 5.91 Å². The van der Waals surface area contributed by atoms with Gasteiger partial charge in [0.2, 0.25) is 11.9 Å². The number of nitrogens with zero attached hydrogens (tertiary/aromatic N) is 3. The minimum absolute atomic E-state index is 0.0664. The number of anilines is 3. The van der Waals surface area contributed by atoms with Crippen LogP contribution in [0.15, 0.2) is 48.5 Å². The zero-order valence-corrected chi connectivity index (χ0v) is 18.2. The molecule has 2 aromatic carbocycles. The number of amides is 1. The van der Waals surface area contributed by atoms with E-state index in [9.17, 15) is 4.79 Å². The SMILES string of the molecule is CCOc1nc2nc(n1)Nc1ccc(cc1)C(=O)NCCCCCc1ccc(cc1)CN2. The van der Waals surface area contributed by atoms with Crippen molar-refractivity contribution in [1.29, 1.82) is 0 Å². The van der Waals surface area contributed by atoms with E-state index < -0.39 is 0 Å². The first-order chi connectivity index (χ1) is 15.7. The number of carbonyl (C=O) groups is 1. The van der Waals surface area contributed by atoms with Crippen LogP contribution in [0.25, 0.3) is 0 Å². The lowest BCUT2D eigenvalue weighted by atomic mass is 10.1. The number of hydrogen-bond acceptors (Lipinski definition) is 7. The monoisotopic (exact) mass is 432 g/mol. The summed E-state index contributed by atoms with van der Waals surface area (Å²) in [7, 11) is 0. The number of ether oxygens (including phenoxy) is 1. The zero-order valence-electron chi connectivity index (χ0n) is 18.2. The summed E-state index contributed by atoms with van der Waals surface area (Å²) in [5.74, 6) is 0.726. The lowest BCUT2D eigenvalue weighted by Crippen LogP contribution is -2.24. The zero-order chi connectivity index (χ0) is 22.2. The Bertz CT molecular complexity index is 1040. The van der Waals surface area contributed by atoms with E-state index in [-0.39, 0.29) is 11.9 Å². The van der Waals surface area contributed by atoms with Crippen molar-refractivity contribution in [1.82, 2.24) is 20.3 Å². The largest absolute Gasteiger partial charge is 0.464 e. The maximum Gasteiger partial charge on any atom is 0.323 e. The third-order valence-electron chi connectivity index (χ3n) is 5.19. The fourth-order valence-corrected chi connectivity index (χ4v) is 3.46. The fraction of sp³-hybridized carbons (Fsp3) is 0.333. The van der Waals surface area contributed by atoms with Crippen molar-refractivity contribution in [2.75, 3.05) is 23.8 Å². The summed E-state index contributed by atoms with van der Waals surface area (Å²) >= 11 is 0. The van der Waals surface area contributed by atoms with Gasteiger partial charge in [-0.25, -0.2) is 0 Å². The molecule has 0 saturated heterocycles. The van der Waals surface area contributed by atoms with E-state index in [1.54, 1.807) is 12.1 Å². The molecule has 6 bridgehead atoms. The highest BCUT2D eigenvalue weighted by Crippen LogP contribution is 2.18. The molecular formula is C24H28N6O2. The van der Waals surface area contributed by atoms with Crippen molar-refractivity contribution in [3.05, 3.63) is 65.2 Å². The van der Waals surface area contributed by atoms with Gasteiger partial charge in [0.05, 0.1) is 6.61 Å². The van der Waals surface area contributed by atoms with Gasteiger partial charge in [-0.1, -0.05) is 30.7 Å². The molecule has 1 aromatic heterocycles. The van der Waals surface area contributed by atoms with Crippen LogP contribution in [0.1, 0.15) is 47.7 Å². The van der Waals surface area contributed by atoms with Crippen LogP contribution in [-0.2, 0) is 13.0 Å². The molecule has 8 heteroatoms. The predicted molar refractivity (Wildman–Crippen MR) is 124 cm³/mol. The number of nitrogens with one attached hydrogen (secondary N) is 3. The van der Waals surface area contributed by atoms with E-state index in [2.05, 4.69) is 55.2 Å². The number of aryl methyl sites for hydroxylation is 1. The Labute approximate surface area is 187 Å². The minimum atomic E-state index is -0.0664. The van der Waals surface area contributed by atoms with Gasteiger partial charge < -0.3 is 20.7 Å². The summed E-state index contributed by atoms with van der Waals surface area (Å²) in [6, 6.07) is 16.0. The van der Waals surface area contributed by atoms with E-state index in [0.29, 0.717) is 37.2 Å². The second kappa shape index (κ2) is 10.6. The van der Waals surface area contributed by atoms with Gasteiger partial charge in [-0.3, -0.25) is 4.79 Å². The molecule has 0 unspecified atom stereocenters. The topological polar surface area (TPSA) is 101 Å². The quantitative estimate of drug-likeness (QED) is 0.561. The Morgan fingerprint density at radius 1 is 0.844 bits per heavy atom. The smallest absolute Gasteiger partial charge is 0.323 e. The van der Waals surface area contributed by atoms with Crippen molar-refractivity contribution in [3.63, 3.8) is 0 Å². The molecular weight excluding hydrogens is 404 g/mol. The maximum absolute atomic E-state index is 12.4. The molecule has 32 heavy (non-hydrogen) atoms. The van der Waals surface area contributed by atoms with E-state index in [4.69, 9.17) is 4.74 Å². The third kappa shape index (κ3) is 5.94. The summed E-state index contributed by atoms with van der Waals surface area (Å²) in [5.41, 5.74) is 3.84. The summed E-state index contributed by atoms with van der Waals surface area (Å²) in [4.78, 5) is 25.5. The van der Waals surface area contributed by atoms with Crippen molar-refractivity contribution >= 4 is 23.5 Å². The minimum Gasteiger partial charge on any atom is -0.464 e. The molecule has 3 aromatic rings. The normalized spacial score (nSPS) is 14.6. The van der Waals surface area contributed by atoms with Crippen LogP contribution < -0.4 is 20.7 Å². The third-order valence-corrected chi connectivity index (χ3v) is 5.19. The second-order valence-corrected chi connectivity index (χ2v) is 7.64. The number of rotatable bonds is 2. The van der Waals surface area contributed by atoms with Crippen LogP contribution in [0, 0.1) is 0 Å². The van der Waals surface area contributed by atoms with Crippen LogP contribution >= 0.6 is 0 Å². The average molecular weight is 433 g/mol. The molecule has 166 valence electrons. The van der Waals surface area contributed by atoms with Gasteiger partial charge in [0, 0.05) is 24.3 Å². The molecule has 0 fully saturated rings. The second-order valence-electron chi connectivity index (χ2n) is 7.64. The molecule has 5 heterocycles. The first-order valence-corrected chi connectivity index (χ1v) is 11.1. The molecule has 0 saturated carbocycles. The summed E-state index contributed by atoms with van der Waals surface area (Å²) < 4.78 is 5.51. The van der Waals surface area contributed by atoms with Gasteiger partial charge in [-0.05, 0) is 61.6 Å². The van der Waals surface area contributed by atoms with Gasteiger partial charge in [-0.2, -0.15) is 15.0 Å². The van der Waals surface area contributed by atoms with Crippen molar-refractivity contribution in [3.8, 4) is 6.01 Å². The molecule has 1 amide bonds. The molecule has 0 atom stereocenters. The Morgan fingerprint density at radius 3 is 2.38 bits per heavy atom. The van der Waals surface area contributed by atoms with Crippen LogP contribution in [0.3, 0.4) is 0 Å². The molecule has 8 nitrogen and oxygen atoms in total. The highest BCUT2D eigenvalue weighted by Gasteiger charge is 2.10. The standard InChI is InChI=1S/C24H28N6O2/c1-2-32-24-29-22-26-16-18-9-7-17(8-10-18)6-4-3-5-15-25-21(31)19-11-13-20(14-12-19)27-23(28-22)30-24/h7-14H,2-6,15-16H2,1H3,(H,25,31)(H2,26,27,28,29,30). The van der Waals surface area contributed by atoms with E-state index in [0.717, 1.165) is 36.9 Å². The Morgan fingerprint density at radius 2 is 1.59 bits per heavy atom. The number of benzene rings is 2. The summed E-state index contributed by atoms with van der Waals surface area (Å²) in [6.07, 6.45) is 4.18. The molecule has 4 aliphatic heterocycles. The average Bonchev–Trinajstić information content (AvgIpc) is 2.81. The molecule has 0 radical (unpaired) electrons.